The van der Waals surface area contributed by atoms with E-state index in [0.717, 1.165) is 28.6 Å². The zero-order chi connectivity index (χ0) is 14.5. The average molecular weight is 314 g/mol. The average Bonchev–Trinajstić information content (AvgIpc) is 2.85. The minimum atomic E-state index is 0.706. The number of rotatable bonds is 6. The van der Waals surface area contributed by atoms with Crippen LogP contribution in [0, 0.1) is 17.8 Å². The molecule has 1 heterocycles. The van der Waals surface area contributed by atoms with E-state index in [4.69, 9.17) is 11.6 Å². The van der Waals surface area contributed by atoms with Gasteiger partial charge in [-0.15, -0.1) is 11.3 Å². The first kappa shape index (κ1) is 16.3. The smallest absolute Gasteiger partial charge is 0.0931 e. The van der Waals surface area contributed by atoms with E-state index in [1.54, 1.807) is 11.3 Å². The SMILES string of the molecule is CCCNCC1CCC(C(C)C)CC1c1ccc(Cl)s1. The number of hydrogen-bond acceptors (Lipinski definition) is 2. The van der Waals surface area contributed by atoms with E-state index in [9.17, 15) is 0 Å². The first-order chi connectivity index (χ1) is 9.61. The molecule has 1 nitrogen and oxygen atoms in total. The highest BCUT2D eigenvalue weighted by atomic mass is 35.5. The van der Waals surface area contributed by atoms with Crippen molar-refractivity contribution in [3.8, 4) is 0 Å². The molecule has 0 aromatic carbocycles. The lowest BCUT2D eigenvalue weighted by Crippen LogP contribution is -2.33. The van der Waals surface area contributed by atoms with Crippen molar-refractivity contribution in [2.45, 2.75) is 52.4 Å². The second-order valence-electron chi connectivity index (χ2n) is 6.53. The summed E-state index contributed by atoms with van der Waals surface area (Å²) in [5.74, 6) is 3.17. The van der Waals surface area contributed by atoms with Gasteiger partial charge >= 0.3 is 0 Å². The van der Waals surface area contributed by atoms with E-state index in [-0.39, 0.29) is 0 Å². The predicted molar refractivity (Wildman–Crippen MR) is 90.9 cm³/mol. The van der Waals surface area contributed by atoms with Gasteiger partial charge in [-0.25, -0.2) is 0 Å². The van der Waals surface area contributed by atoms with Crippen LogP contribution in [-0.4, -0.2) is 13.1 Å². The van der Waals surface area contributed by atoms with Crippen LogP contribution in [0.3, 0.4) is 0 Å². The summed E-state index contributed by atoms with van der Waals surface area (Å²) >= 11 is 7.94. The van der Waals surface area contributed by atoms with Gasteiger partial charge in [0, 0.05) is 4.88 Å². The Morgan fingerprint density at radius 3 is 2.75 bits per heavy atom. The Kier molecular flexibility index (Phi) is 6.38. The van der Waals surface area contributed by atoms with Crippen LogP contribution < -0.4 is 5.32 Å². The Labute approximate surface area is 133 Å². The minimum absolute atomic E-state index is 0.706. The Morgan fingerprint density at radius 2 is 2.15 bits per heavy atom. The van der Waals surface area contributed by atoms with Crippen molar-refractivity contribution in [1.82, 2.24) is 5.32 Å². The van der Waals surface area contributed by atoms with E-state index in [1.807, 2.05) is 0 Å². The van der Waals surface area contributed by atoms with Crippen molar-refractivity contribution in [3.63, 3.8) is 0 Å². The van der Waals surface area contributed by atoms with Crippen molar-refractivity contribution in [1.29, 1.82) is 0 Å². The highest BCUT2D eigenvalue weighted by Crippen LogP contribution is 2.45. The van der Waals surface area contributed by atoms with Gasteiger partial charge in [0.2, 0.25) is 0 Å². The first-order valence-electron chi connectivity index (χ1n) is 8.07. The van der Waals surface area contributed by atoms with E-state index >= 15 is 0 Å². The molecule has 1 fully saturated rings. The van der Waals surface area contributed by atoms with Gasteiger partial charge in [-0.05, 0) is 74.6 Å². The van der Waals surface area contributed by atoms with Gasteiger partial charge in [0.15, 0.2) is 0 Å². The van der Waals surface area contributed by atoms with Gasteiger partial charge in [0.05, 0.1) is 4.34 Å². The molecule has 1 N–H and O–H groups in total. The molecule has 1 aromatic rings. The van der Waals surface area contributed by atoms with Crippen LogP contribution in [0.1, 0.15) is 57.2 Å². The maximum Gasteiger partial charge on any atom is 0.0931 e. The van der Waals surface area contributed by atoms with Gasteiger partial charge in [-0.2, -0.15) is 0 Å². The fraction of sp³-hybridized carbons (Fsp3) is 0.765. The summed E-state index contributed by atoms with van der Waals surface area (Å²) in [7, 11) is 0. The van der Waals surface area contributed by atoms with E-state index < -0.39 is 0 Å². The third kappa shape index (κ3) is 4.22. The monoisotopic (exact) mass is 313 g/mol. The molecule has 3 heteroatoms. The number of hydrogen-bond donors (Lipinski definition) is 1. The molecule has 0 saturated heterocycles. The summed E-state index contributed by atoms with van der Waals surface area (Å²) in [6, 6.07) is 4.32. The fourth-order valence-corrected chi connectivity index (χ4v) is 4.72. The molecule has 0 bridgehead atoms. The van der Waals surface area contributed by atoms with Crippen LogP contribution in [0.5, 0.6) is 0 Å². The van der Waals surface area contributed by atoms with Gasteiger partial charge in [-0.3, -0.25) is 0 Å². The third-order valence-corrected chi connectivity index (χ3v) is 6.13. The molecule has 20 heavy (non-hydrogen) atoms. The molecule has 1 aromatic heterocycles. The Balaban J connectivity index is 2.05. The highest BCUT2D eigenvalue weighted by molar-refractivity contribution is 7.16. The van der Waals surface area contributed by atoms with Crippen LogP contribution in [-0.2, 0) is 0 Å². The lowest BCUT2D eigenvalue weighted by Gasteiger charge is -2.37. The summed E-state index contributed by atoms with van der Waals surface area (Å²) in [5.41, 5.74) is 0. The molecular weight excluding hydrogens is 286 g/mol. The molecule has 0 amide bonds. The largest absolute Gasteiger partial charge is 0.316 e. The highest BCUT2D eigenvalue weighted by Gasteiger charge is 2.33. The van der Waals surface area contributed by atoms with Crippen molar-refractivity contribution >= 4 is 22.9 Å². The molecule has 0 spiro atoms. The van der Waals surface area contributed by atoms with Crippen molar-refractivity contribution in [3.05, 3.63) is 21.3 Å². The normalized spacial score (nSPS) is 27.1. The zero-order valence-electron chi connectivity index (χ0n) is 13.0. The van der Waals surface area contributed by atoms with Crippen LogP contribution in [0.15, 0.2) is 12.1 Å². The van der Waals surface area contributed by atoms with Crippen LogP contribution in [0.2, 0.25) is 4.34 Å². The molecule has 1 saturated carbocycles. The summed E-state index contributed by atoms with van der Waals surface area (Å²) in [6.45, 7) is 9.29. The van der Waals surface area contributed by atoms with E-state index in [0.29, 0.717) is 5.92 Å². The summed E-state index contributed by atoms with van der Waals surface area (Å²) in [4.78, 5) is 1.50. The Hall–Kier alpha value is -0.0500. The minimum Gasteiger partial charge on any atom is -0.316 e. The van der Waals surface area contributed by atoms with Gasteiger partial charge in [0.1, 0.15) is 0 Å². The first-order valence-corrected chi connectivity index (χ1v) is 9.27. The number of nitrogens with one attached hydrogen (secondary N) is 1. The molecule has 0 aliphatic heterocycles. The summed E-state index contributed by atoms with van der Waals surface area (Å²) in [6.07, 6.45) is 5.31. The second-order valence-corrected chi connectivity index (χ2v) is 8.28. The van der Waals surface area contributed by atoms with Gasteiger partial charge in [-0.1, -0.05) is 32.4 Å². The Bertz CT molecular complexity index is 401. The molecule has 3 unspecified atom stereocenters. The molecule has 114 valence electrons. The van der Waals surface area contributed by atoms with E-state index in [2.05, 4.69) is 38.2 Å². The zero-order valence-corrected chi connectivity index (χ0v) is 14.6. The maximum atomic E-state index is 6.16. The summed E-state index contributed by atoms with van der Waals surface area (Å²) < 4.78 is 0.937. The van der Waals surface area contributed by atoms with Crippen molar-refractivity contribution in [2.24, 2.45) is 17.8 Å². The molecule has 2 rings (SSSR count). The second kappa shape index (κ2) is 7.82. The molecule has 0 radical (unpaired) electrons. The van der Waals surface area contributed by atoms with Crippen LogP contribution >= 0.6 is 22.9 Å². The van der Waals surface area contributed by atoms with Crippen LogP contribution in [0.4, 0.5) is 0 Å². The fourth-order valence-electron chi connectivity index (χ4n) is 3.46. The molecule has 1 aliphatic carbocycles. The molecule has 3 atom stereocenters. The lowest BCUT2D eigenvalue weighted by atomic mass is 9.70. The lowest BCUT2D eigenvalue weighted by molar-refractivity contribution is 0.192. The van der Waals surface area contributed by atoms with E-state index in [1.165, 1.54) is 37.1 Å². The predicted octanol–water partition coefficient (Wildman–Crippen LogP) is 5.56. The Morgan fingerprint density at radius 1 is 1.35 bits per heavy atom. The molecular formula is C17H28ClNS. The quantitative estimate of drug-likeness (QED) is 0.678. The maximum absolute atomic E-state index is 6.16. The summed E-state index contributed by atoms with van der Waals surface area (Å²) in [5, 5.41) is 3.63. The molecule has 1 aliphatic rings. The van der Waals surface area contributed by atoms with Crippen molar-refractivity contribution in [2.75, 3.05) is 13.1 Å². The van der Waals surface area contributed by atoms with Crippen LogP contribution in [0.25, 0.3) is 0 Å². The third-order valence-electron chi connectivity index (χ3n) is 4.77. The van der Waals surface area contributed by atoms with Gasteiger partial charge in [0.25, 0.3) is 0 Å². The standard InChI is InChI=1S/C17H28ClNS/c1-4-9-19-11-14-6-5-13(12(2)3)10-15(14)16-7-8-17(18)20-16/h7-8,12-15,19H,4-6,9-11H2,1-3H3. The topological polar surface area (TPSA) is 12.0 Å². The number of halogens is 1. The number of thiophene rings is 1. The van der Waals surface area contributed by atoms with Gasteiger partial charge < -0.3 is 5.32 Å². The van der Waals surface area contributed by atoms with Crippen molar-refractivity contribution < 1.29 is 0 Å².